The number of nitrogens with zero attached hydrogens (tertiary/aromatic N) is 2. The smallest absolute Gasteiger partial charge is 0.339 e. The van der Waals surface area contributed by atoms with E-state index in [4.69, 9.17) is 9.94 Å². The molecule has 0 fully saturated rings. The number of aryl methyl sites for hydroxylation is 1. The van der Waals surface area contributed by atoms with Crippen LogP contribution in [-0.2, 0) is 6.61 Å². The third kappa shape index (κ3) is 2.34. The second kappa shape index (κ2) is 4.91. The lowest BCUT2D eigenvalue weighted by Gasteiger charge is -2.06. The predicted molar refractivity (Wildman–Crippen MR) is 65.4 cm³/mol. The van der Waals surface area contributed by atoms with Gasteiger partial charge in [0.1, 0.15) is 12.2 Å². The average molecular weight is 246 g/mol. The summed E-state index contributed by atoms with van der Waals surface area (Å²) in [6, 6.07) is 9.63. The number of carbonyl (C=O) groups is 1. The zero-order valence-corrected chi connectivity index (χ0v) is 10.3. The molecule has 1 aromatic carbocycles. The molecule has 18 heavy (non-hydrogen) atoms. The first kappa shape index (κ1) is 12.2. The van der Waals surface area contributed by atoms with Crippen molar-refractivity contribution in [3.63, 3.8) is 0 Å². The van der Waals surface area contributed by atoms with E-state index < -0.39 is 5.97 Å². The molecule has 2 aromatic rings. The van der Waals surface area contributed by atoms with E-state index in [1.165, 1.54) is 4.85 Å². The molecule has 0 atom stereocenters. The number of carboxylic acid groups (broad SMARTS) is 1. The van der Waals surface area contributed by atoms with Crippen LogP contribution >= 0.6 is 0 Å². The maximum atomic E-state index is 11.0. The summed E-state index contributed by atoms with van der Waals surface area (Å²) in [5.74, 6) is -0.987. The maximum absolute atomic E-state index is 11.0. The normalized spacial score (nSPS) is 10.3. The zero-order chi connectivity index (χ0) is 13.1. The first-order valence-electron chi connectivity index (χ1n) is 5.56. The third-order valence-electron chi connectivity index (χ3n) is 2.66. The van der Waals surface area contributed by atoms with Gasteiger partial charge in [0, 0.05) is 0 Å². The van der Waals surface area contributed by atoms with Crippen LogP contribution in [0, 0.1) is 13.8 Å². The number of hydrogen-bond acceptors (Lipinski definition) is 3. The van der Waals surface area contributed by atoms with Crippen molar-refractivity contribution < 1.29 is 14.7 Å². The van der Waals surface area contributed by atoms with Crippen molar-refractivity contribution in [2.75, 3.05) is 0 Å². The van der Waals surface area contributed by atoms with E-state index in [1.54, 1.807) is 13.8 Å². The van der Waals surface area contributed by atoms with Crippen LogP contribution in [0.3, 0.4) is 0 Å². The SMILES string of the molecule is Cc1nn(OCc2ccccc2)c(C)c1C(=O)O. The molecule has 0 unspecified atom stereocenters. The molecule has 0 bridgehead atoms. The fourth-order valence-electron chi connectivity index (χ4n) is 1.76. The Morgan fingerprint density at radius 3 is 2.56 bits per heavy atom. The van der Waals surface area contributed by atoms with Gasteiger partial charge in [0.25, 0.3) is 0 Å². The van der Waals surface area contributed by atoms with E-state index in [0.29, 0.717) is 18.0 Å². The Hall–Kier alpha value is -2.30. The van der Waals surface area contributed by atoms with Crippen LogP contribution in [0.2, 0.25) is 0 Å². The van der Waals surface area contributed by atoms with Crippen LogP contribution in [0.5, 0.6) is 0 Å². The average Bonchev–Trinajstić information content (AvgIpc) is 2.63. The van der Waals surface area contributed by atoms with Crippen molar-refractivity contribution >= 4 is 5.97 Å². The number of aromatic nitrogens is 2. The summed E-state index contributed by atoms with van der Waals surface area (Å²) >= 11 is 0. The Morgan fingerprint density at radius 1 is 1.33 bits per heavy atom. The summed E-state index contributed by atoms with van der Waals surface area (Å²) in [6.07, 6.45) is 0. The Labute approximate surface area is 105 Å². The lowest BCUT2D eigenvalue weighted by atomic mass is 10.2. The quantitative estimate of drug-likeness (QED) is 0.893. The molecule has 5 nitrogen and oxygen atoms in total. The van der Waals surface area contributed by atoms with Gasteiger partial charge in [0.05, 0.1) is 11.4 Å². The van der Waals surface area contributed by atoms with E-state index in [9.17, 15) is 4.79 Å². The van der Waals surface area contributed by atoms with Crippen LogP contribution in [0.1, 0.15) is 27.3 Å². The summed E-state index contributed by atoms with van der Waals surface area (Å²) in [4.78, 5) is 17.8. The molecule has 0 amide bonds. The summed E-state index contributed by atoms with van der Waals surface area (Å²) in [5, 5.41) is 13.1. The van der Waals surface area contributed by atoms with Gasteiger partial charge in [-0.1, -0.05) is 30.3 Å². The number of rotatable bonds is 4. The molecule has 0 radical (unpaired) electrons. The molecule has 5 heteroatoms. The van der Waals surface area contributed by atoms with Gasteiger partial charge in [-0.2, -0.15) is 0 Å². The molecular weight excluding hydrogens is 232 g/mol. The molecule has 0 saturated heterocycles. The molecule has 1 heterocycles. The zero-order valence-electron chi connectivity index (χ0n) is 10.3. The van der Waals surface area contributed by atoms with Gasteiger partial charge in [-0.15, -0.1) is 9.94 Å². The van der Waals surface area contributed by atoms with E-state index in [-0.39, 0.29) is 5.56 Å². The lowest BCUT2D eigenvalue weighted by Crippen LogP contribution is -2.15. The fourth-order valence-corrected chi connectivity index (χ4v) is 1.76. The molecule has 1 aromatic heterocycles. The number of benzene rings is 1. The van der Waals surface area contributed by atoms with E-state index in [1.807, 2.05) is 30.3 Å². The van der Waals surface area contributed by atoms with Crippen molar-refractivity contribution in [1.82, 2.24) is 9.94 Å². The Balaban J connectivity index is 2.16. The molecule has 0 aliphatic rings. The summed E-state index contributed by atoms with van der Waals surface area (Å²) in [5.41, 5.74) is 2.15. The van der Waals surface area contributed by atoms with Crippen molar-refractivity contribution in [3.05, 3.63) is 52.8 Å². The maximum Gasteiger partial charge on any atom is 0.339 e. The van der Waals surface area contributed by atoms with Gasteiger partial charge in [-0.05, 0) is 19.4 Å². The minimum absolute atomic E-state index is 0.197. The lowest BCUT2D eigenvalue weighted by molar-refractivity contribution is 0.0625. The van der Waals surface area contributed by atoms with Gasteiger partial charge < -0.3 is 9.94 Å². The minimum atomic E-state index is -0.987. The molecule has 2 rings (SSSR count). The molecule has 0 spiro atoms. The van der Waals surface area contributed by atoms with Crippen LogP contribution in [0.25, 0.3) is 0 Å². The van der Waals surface area contributed by atoms with Crippen molar-refractivity contribution in [2.45, 2.75) is 20.5 Å². The van der Waals surface area contributed by atoms with E-state index in [2.05, 4.69) is 5.10 Å². The highest BCUT2D eigenvalue weighted by Crippen LogP contribution is 2.12. The number of carboxylic acids is 1. The van der Waals surface area contributed by atoms with Crippen LogP contribution < -0.4 is 4.84 Å². The van der Waals surface area contributed by atoms with Crippen LogP contribution in [-0.4, -0.2) is 21.0 Å². The Bertz CT molecular complexity index is 561. The van der Waals surface area contributed by atoms with Gasteiger partial charge in [-0.25, -0.2) is 4.79 Å². The van der Waals surface area contributed by atoms with Crippen LogP contribution in [0.15, 0.2) is 30.3 Å². The van der Waals surface area contributed by atoms with Gasteiger partial charge in [-0.3, -0.25) is 0 Å². The molecule has 1 N–H and O–H groups in total. The molecule has 0 aliphatic carbocycles. The Morgan fingerprint density at radius 2 is 2.00 bits per heavy atom. The molecule has 94 valence electrons. The fraction of sp³-hybridized carbons (Fsp3) is 0.231. The first-order valence-corrected chi connectivity index (χ1v) is 5.56. The van der Waals surface area contributed by atoms with Crippen molar-refractivity contribution in [1.29, 1.82) is 0 Å². The first-order chi connectivity index (χ1) is 8.59. The second-order valence-corrected chi connectivity index (χ2v) is 3.98. The van der Waals surface area contributed by atoms with E-state index >= 15 is 0 Å². The molecule has 0 saturated carbocycles. The standard InChI is InChI=1S/C13H14N2O3/c1-9-12(13(16)17)10(2)15(14-9)18-8-11-6-4-3-5-7-11/h3-7H,8H2,1-2H3,(H,16,17). The minimum Gasteiger partial charge on any atom is -0.478 e. The topological polar surface area (TPSA) is 64.4 Å². The highest BCUT2D eigenvalue weighted by atomic mass is 16.7. The summed E-state index contributed by atoms with van der Waals surface area (Å²) < 4.78 is 0. The second-order valence-electron chi connectivity index (χ2n) is 3.98. The summed E-state index contributed by atoms with van der Waals surface area (Å²) in [6.45, 7) is 3.68. The number of hydrogen-bond donors (Lipinski definition) is 1. The number of aromatic carboxylic acids is 1. The largest absolute Gasteiger partial charge is 0.478 e. The van der Waals surface area contributed by atoms with E-state index in [0.717, 1.165) is 5.56 Å². The molecular formula is C13H14N2O3. The van der Waals surface area contributed by atoms with Gasteiger partial charge >= 0.3 is 5.97 Å². The van der Waals surface area contributed by atoms with Gasteiger partial charge in [0.2, 0.25) is 0 Å². The molecule has 0 aliphatic heterocycles. The van der Waals surface area contributed by atoms with Gasteiger partial charge in [0.15, 0.2) is 0 Å². The summed E-state index contributed by atoms with van der Waals surface area (Å²) in [7, 11) is 0. The highest BCUT2D eigenvalue weighted by Gasteiger charge is 2.18. The highest BCUT2D eigenvalue weighted by molar-refractivity contribution is 5.90. The predicted octanol–water partition coefficient (Wildman–Crippen LogP) is 1.83. The van der Waals surface area contributed by atoms with Crippen molar-refractivity contribution in [2.24, 2.45) is 0 Å². The third-order valence-corrected chi connectivity index (χ3v) is 2.66. The van der Waals surface area contributed by atoms with Crippen LogP contribution in [0.4, 0.5) is 0 Å². The monoisotopic (exact) mass is 246 g/mol. The Kier molecular flexibility index (Phi) is 3.32. The van der Waals surface area contributed by atoms with Crippen molar-refractivity contribution in [3.8, 4) is 0 Å².